The minimum atomic E-state index is -0.471. The number of carbonyl (C=O) groups is 3. The highest BCUT2D eigenvalue weighted by molar-refractivity contribution is 8.00. The first-order valence-electron chi connectivity index (χ1n) is 12.8. The van der Waals surface area contributed by atoms with Crippen molar-refractivity contribution < 1.29 is 14.4 Å². The van der Waals surface area contributed by atoms with Crippen LogP contribution in [0.2, 0.25) is 5.02 Å². The molecule has 0 aromatic heterocycles. The summed E-state index contributed by atoms with van der Waals surface area (Å²) in [5.41, 5.74) is 2.46. The Balaban J connectivity index is 1.36. The van der Waals surface area contributed by atoms with E-state index in [0.29, 0.717) is 21.8 Å². The zero-order chi connectivity index (χ0) is 28.6. The molecule has 0 radical (unpaired) electrons. The first-order chi connectivity index (χ1) is 20.0. The lowest BCUT2D eigenvalue weighted by atomic mass is 10.0. The average Bonchev–Trinajstić information content (AvgIpc) is 3.00. The molecule has 5 aromatic rings. The van der Waals surface area contributed by atoms with E-state index in [-0.39, 0.29) is 17.2 Å². The van der Waals surface area contributed by atoms with Gasteiger partial charge in [0.05, 0.1) is 5.75 Å². The van der Waals surface area contributed by atoms with Crippen molar-refractivity contribution in [1.29, 1.82) is 0 Å². The molecule has 7 heteroatoms. The summed E-state index contributed by atoms with van der Waals surface area (Å²) in [5, 5.41) is 8.25. The van der Waals surface area contributed by atoms with Crippen molar-refractivity contribution in [3.05, 3.63) is 149 Å². The van der Waals surface area contributed by atoms with E-state index >= 15 is 0 Å². The fourth-order valence-electron chi connectivity index (χ4n) is 4.20. The summed E-state index contributed by atoms with van der Waals surface area (Å²) in [4.78, 5) is 40.0. The minimum Gasteiger partial charge on any atom is -0.321 e. The van der Waals surface area contributed by atoms with Crippen molar-refractivity contribution in [2.45, 2.75) is 4.90 Å². The number of amides is 2. The number of halogens is 1. The van der Waals surface area contributed by atoms with Crippen LogP contribution >= 0.6 is 23.4 Å². The monoisotopic (exact) mass is 576 g/mol. The molecule has 0 spiro atoms. The van der Waals surface area contributed by atoms with Crippen LogP contribution in [-0.4, -0.2) is 23.4 Å². The van der Waals surface area contributed by atoms with Gasteiger partial charge in [0, 0.05) is 26.7 Å². The molecule has 5 nitrogen and oxygen atoms in total. The number of thioether (sulfide) groups is 1. The van der Waals surface area contributed by atoms with Crippen molar-refractivity contribution in [3.63, 3.8) is 0 Å². The lowest BCUT2D eigenvalue weighted by Gasteiger charge is -2.13. The second kappa shape index (κ2) is 13.1. The van der Waals surface area contributed by atoms with Crippen LogP contribution in [-0.2, 0) is 4.79 Å². The summed E-state index contributed by atoms with van der Waals surface area (Å²) in [6, 6.07) is 36.4. The predicted molar refractivity (Wildman–Crippen MR) is 167 cm³/mol. The van der Waals surface area contributed by atoms with Crippen molar-refractivity contribution in [2.75, 3.05) is 11.1 Å². The fourth-order valence-corrected chi connectivity index (χ4v) is 5.18. The predicted octanol–water partition coefficient (Wildman–Crippen LogP) is 7.88. The van der Waals surface area contributed by atoms with Crippen LogP contribution in [0, 0.1) is 0 Å². The van der Waals surface area contributed by atoms with E-state index in [1.54, 1.807) is 72.8 Å². The highest BCUT2D eigenvalue weighted by Crippen LogP contribution is 2.24. The third-order valence-electron chi connectivity index (χ3n) is 6.28. The quantitative estimate of drug-likeness (QED) is 0.106. The average molecular weight is 577 g/mol. The number of nitrogens with one attached hydrogen (secondary N) is 2. The molecule has 0 unspecified atom stereocenters. The zero-order valence-electron chi connectivity index (χ0n) is 21.8. The minimum absolute atomic E-state index is 0.0231. The van der Waals surface area contributed by atoms with Crippen LogP contribution in [0.4, 0.5) is 5.69 Å². The van der Waals surface area contributed by atoms with Gasteiger partial charge in [0.25, 0.3) is 11.8 Å². The number of fused-ring (bicyclic) bond motifs is 1. The zero-order valence-corrected chi connectivity index (χ0v) is 23.4. The molecule has 0 saturated heterocycles. The van der Waals surface area contributed by atoms with Crippen molar-refractivity contribution >= 4 is 63.5 Å². The molecule has 0 heterocycles. The van der Waals surface area contributed by atoms with Crippen LogP contribution in [0.15, 0.2) is 132 Å². The van der Waals surface area contributed by atoms with Crippen LogP contribution in [0.5, 0.6) is 0 Å². The number of benzene rings is 5. The van der Waals surface area contributed by atoms with E-state index in [2.05, 4.69) is 10.6 Å². The van der Waals surface area contributed by atoms with Gasteiger partial charge in [0.2, 0.25) is 0 Å². The maximum Gasteiger partial charge on any atom is 0.272 e. The Bertz CT molecular complexity index is 1750. The fraction of sp³-hybridized carbons (Fsp3) is 0.0294. The van der Waals surface area contributed by atoms with Gasteiger partial charge in [0.1, 0.15) is 5.70 Å². The van der Waals surface area contributed by atoms with Crippen LogP contribution in [0.1, 0.15) is 26.3 Å². The third kappa shape index (κ3) is 7.31. The van der Waals surface area contributed by atoms with Crippen LogP contribution in [0.25, 0.3) is 16.8 Å². The van der Waals surface area contributed by atoms with Gasteiger partial charge in [-0.1, -0.05) is 78.3 Å². The maximum atomic E-state index is 13.5. The third-order valence-corrected chi connectivity index (χ3v) is 7.53. The summed E-state index contributed by atoms with van der Waals surface area (Å²) in [5.74, 6) is -0.651. The summed E-state index contributed by atoms with van der Waals surface area (Å²) < 4.78 is 0. The maximum absolute atomic E-state index is 13.5. The molecular formula is C34H25ClN2O3S. The molecule has 0 bridgehead atoms. The number of carbonyl (C=O) groups excluding carboxylic acids is 3. The number of hydrogen-bond acceptors (Lipinski definition) is 4. The van der Waals surface area contributed by atoms with Crippen molar-refractivity contribution in [3.8, 4) is 0 Å². The van der Waals surface area contributed by atoms with Crippen molar-refractivity contribution in [1.82, 2.24) is 5.32 Å². The number of ketones is 1. The summed E-state index contributed by atoms with van der Waals surface area (Å²) in [6.45, 7) is 0. The van der Waals surface area contributed by atoms with E-state index in [1.165, 1.54) is 11.8 Å². The molecular weight excluding hydrogens is 552 g/mol. The van der Waals surface area contributed by atoms with Crippen molar-refractivity contribution in [2.24, 2.45) is 0 Å². The molecule has 5 rings (SSSR count). The second-order valence-corrected chi connectivity index (χ2v) is 10.6. The van der Waals surface area contributed by atoms with Gasteiger partial charge in [-0.05, 0) is 77.0 Å². The Labute approximate surface area is 247 Å². The lowest BCUT2D eigenvalue weighted by Crippen LogP contribution is -2.30. The van der Waals surface area contributed by atoms with Crippen LogP contribution in [0.3, 0.4) is 0 Å². The van der Waals surface area contributed by atoms with Gasteiger partial charge in [-0.25, -0.2) is 0 Å². The second-order valence-electron chi connectivity index (χ2n) is 9.15. The SMILES string of the molecule is O=C(Nc1cccc(SCC(=O)c2ccc(Cl)cc2)c1)/C(=C/c1cccc2ccccc12)NC(=O)c1ccccc1. The van der Waals surface area contributed by atoms with E-state index < -0.39 is 11.8 Å². The summed E-state index contributed by atoms with van der Waals surface area (Å²) in [6.07, 6.45) is 1.68. The van der Waals surface area contributed by atoms with E-state index in [4.69, 9.17) is 11.6 Å². The number of hydrogen-bond donors (Lipinski definition) is 2. The molecule has 0 aliphatic carbocycles. The highest BCUT2D eigenvalue weighted by Gasteiger charge is 2.16. The molecule has 0 fully saturated rings. The standard InChI is InChI=1S/C34H25ClN2O3S/c35-27-18-16-24(17-19-27)32(38)22-41-29-14-7-13-28(21-29)36-34(40)31(37-33(39)25-9-2-1-3-10-25)20-26-12-6-11-23-8-4-5-15-30(23)26/h1-21H,22H2,(H,36,40)(H,37,39)/b31-20-. The van der Waals surface area contributed by atoms with Gasteiger partial charge in [-0.3, -0.25) is 14.4 Å². The molecule has 0 saturated carbocycles. The number of rotatable bonds is 9. The number of Topliss-reactive ketones (excluding diaryl/α,β-unsaturated/α-hetero) is 1. The normalized spacial score (nSPS) is 11.2. The first kappa shape index (κ1) is 27.9. The molecule has 5 aromatic carbocycles. The molecule has 202 valence electrons. The highest BCUT2D eigenvalue weighted by atomic mass is 35.5. The molecule has 41 heavy (non-hydrogen) atoms. The Hall–Kier alpha value is -4.65. The smallest absolute Gasteiger partial charge is 0.272 e. The molecule has 0 atom stereocenters. The Morgan fingerprint density at radius 3 is 2.24 bits per heavy atom. The number of anilines is 1. The Morgan fingerprint density at radius 1 is 0.732 bits per heavy atom. The Kier molecular flexibility index (Phi) is 8.94. The van der Waals surface area contributed by atoms with Crippen LogP contribution < -0.4 is 10.6 Å². The molecule has 2 N–H and O–H groups in total. The molecule has 0 aliphatic heterocycles. The molecule has 0 aliphatic rings. The van der Waals surface area contributed by atoms with Gasteiger partial charge >= 0.3 is 0 Å². The van der Waals surface area contributed by atoms with Gasteiger partial charge in [0.15, 0.2) is 5.78 Å². The summed E-state index contributed by atoms with van der Waals surface area (Å²) >= 11 is 7.29. The largest absolute Gasteiger partial charge is 0.321 e. The van der Waals surface area contributed by atoms with E-state index in [1.807, 2.05) is 54.6 Å². The molecule has 2 amide bonds. The van der Waals surface area contributed by atoms with Gasteiger partial charge in [-0.2, -0.15) is 0 Å². The summed E-state index contributed by atoms with van der Waals surface area (Å²) in [7, 11) is 0. The van der Waals surface area contributed by atoms with E-state index in [0.717, 1.165) is 21.2 Å². The van der Waals surface area contributed by atoms with E-state index in [9.17, 15) is 14.4 Å². The topological polar surface area (TPSA) is 75.3 Å². The van der Waals surface area contributed by atoms with Gasteiger partial charge < -0.3 is 10.6 Å². The lowest BCUT2D eigenvalue weighted by molar-refractivity contribution is -0.113. The Morgan fingerprint density at radius 2 is 1.44 bits per heavy atom. The first-order valence-corrected chi connectivity index (χ1v) is 14.2. The van der Waals surface area contributed by atoms with Gasteiger partial charge in [-0.15, -0.1) is 11.8 Å².